The summed E-state index contributed by atoms with van der Waals surface area (Å²) in [5.41, 5.74) is 1.41. The molecule has 0 spiro atoms. The highest BCUT2D eigenvalue weighted by Gasteiger charge is 2.41. The first-order valence-corrected chi connectivity index (χ1v) is 9.19. The molecule has 1 atom stereocenters. The number of hydrogen-bond donors (Lipinski definition) is 2. The number of thiophene rings is 1. The van der Waals surface area contributed by atoms with Gasteiger partial charge < -0.3 is 10.6 Å². The van der Waals surface area contributed by atoms with Gasteiger partial charge in [-0.25, -0.2) is 0 Å². The topological polar surface area (TPSA) is 36.4 Å². The quantitative estimate of drug-likeness (QED) is 0.387. The van der Waals surface area contributed by atoms with Gasteiger partial charge in [0.2, 0.25) is 0 Å². The van der Waals surface area contributed by atoms with Crippen LogP contribution in [-0.4, -0.2) is 26.1 Å². The summed E-state index contributed by atoms with van der Waals surface area (Å²) < 4.78 is 0. The van der Waals surface area contributed by atoms with Crippen LogP contribution in [0.4, 0.5) is 0 Å². The lowest BCUT2D eigenvalue weighted by molar-refractivity contribution is 0.400. The van der Waals surface area contributed by atoms with Crippen molar-refractivity contribution in [1.82, 2.24) is 10.6 Å². The molecule has 0 saturated heterocycles. The molecule has 1 unspecified atom stereocenters. The molecule has 22 heavy (non-hydrogen) atoms. The Balaban J connectivity index is 0.00000176. The Bertz CT molecular complexity index is 454. The SMILES string of the molecule is CN=C(NCC(C)c1ccsc1)NCC(C1CC1)C1CC1.I. The van der Waals surface area contributed by atoms with Crippen LogP contribution in [0.2, 0.25) is 0 Å². The van der Waals surface area contributed by atoms with Crippen LogP contribution in [-0.2, 0) is 0 Å². The van der Waals surface area contributed by atoms with Gasteiger partial charge in [-0.15, -0.1) is 24.0 Å². The molecule has 5 heteroatoms. The van der Waals surface area contributed by atoms with E-state index in [-0.39, 0.29) is 24.0 Å². The maximum Gasteiger partial charge on any atom is 0.191 e. The standard InChI is InChI=1S/C17H27N3S.HI/c1-12(15-7-8-21-11-15)9-19-17(18-2)20-10-16(13-3-4-13)14-5-6-14;/h7-8,11-14,16H,3-6,9-10H2,1-2H3,(H2,18,19,20);1H. The zero-order chi connectivity index (χ0) is 14.7. The zero-order valence-electron chi connectivity index (χ0n) is 13.5. The van der Waals surface area contributed by atoms with E-state index in [0.717, 1.165) is 36.8 Å². The minimum atomic E-state index is 0. The van der Waals surface area contributed by atoms with Crippen molar-refractivity contribution < 1.29 is 0 Å². The molecule has 0 bridgehead atoms. The number of nitrogens with one attached hydrogen (secondary N) is 2. The van der Waals surface area contributed by atoms with E-state index in [4.69, 9.17) is 0 Å². The Morgan fingerprint density at radius 1 is 1.23 bits per heavy atom. The molecule has 3 nitrogen and oxygen atoms in total. The van der Waals surface area contributed by atoms with Gasteiger partial charge in [0.25, 0.3) is 0 Å². The van der Waals surface area contributed by atoms with Gasteiger partial charge in [-0.1, -0.05) is 6.92 Å². The second-order valence-corrected chi connectivity index (χ2v) is 7.41. The van der Waals surface area contributed by atoms with E-state index in [9.17, 15) is 0 Å². The van der Waals surface area contributed by atoms with Crippen molar-refractivity contribution in [2.75, 3.05) is 20.1 Å². The minimum absolute atomic E-state index is 0. The van der Waals surface area contributed by atoms with Crippen LogP contribution in [0, 0.1) is 17.8 Å². The van der Waals surface area contributed by atoms with Gasteiger partial charge in [0.05, 0.1) is 0 Å². The Morgan fingerprint density at radius 2 is 1.86 bits per heavy atom. The molecular weight excluding hydrogens is 405 g/mol. The molecule has 1 heterocycles. The summed E-state index contributed by atoms with van der Waals surface area (Å²) in [4.78, 5) is 4.37. The zero-order valence-corrected chi connectivity index (χ0v) is 16.7. The van der Waals surface area contributed by atoms with Gasteiger partial charge >= 0.3 is 0 Å². The molecule has 2 fully saturated rings. The fourth-order valence-corrected chi connectivity index (χ4v) is 3.91. The van der Waals surface area contributed by atoms with Crippen molar-refractivity contribution in [2.45, 2.75) is 38.5 Å². The number of rotatable bonds is 7. The molecule has 2 N–H and O–H groups in total. The summed E-state index contributed by atoms with van der Waals surface area (Å²) >= 11 is 1.77. The number of nitrogens with zero attached hydrogens (tertiary/aromatic N) is 1. The van der Waals surface area contributed by atoms with Crippen LogP contribution in [0.25, 0.3) is 0 Å². The molecule has 0 radical (unpaired) electrons. The monoisotopic (exact) mass is 433 g/mol. The van der Waals surface area contributed by atoms with E-state index in [1.165, 1.54) is 31.2 Å². The van der Waals surface area contributed by atoms with Gasteiger partial charge in [0.15, 0.2) is 5.96 Å². The Kier molecular flexibility index (Phi) is 6.99. The van der Waals surface area contributed by atoms with E-state index in [1.807, 2.05) is 7.05 Å². The number of aliphatic imine (C=N–C) groups is 1. The summed E-state index contributed by atoms with van der Waals surface area (Å²) in [7, 11) is 1.87. The smallest absolute Gasteiger partial charge is 0.191 e. The second-order valence-electron chi connectivity index (χ2n) is 6.63. The second kappa shape index (κ2) is 8.52. The fraction of sp³-hybridized carbons (Fsp3) is 0.706. The van der Waals surface area contributed by atoms with Crippen LogP contribution in [0.15, 0.2) is 21.8 Å². The van der Waals surface area contributed by atoms with Gasteiger partial charge in [-0.2, -0.15) is 11.3 Å². The van der Waals surface area contributed by atoms with Crippen LogP contribution in [0.3, 0.4) is 0 Å². The normalized spacial score (nSPS) is 19.7. The molecule has 124 valence electrons. The number of guanidine groups is 1. The summed E-state index contributed by atoms with van der Waals surface area (Å²) in [5.74, 6) is 4.36. The average Bonchev–Trinajstić information content (AvgIpc) is 3.43. The fourth-order valence-electron chi connectivity index (χ4n) is 3.13. The maximum atomic E-state index is 4.37. The summed E-state index contributed by atoms with van der Waals surface area (Å²) in [5, 5.41) is 11.4. The molecule has 0 aromatic carbocycles. The maximum absolute atomic E-state index is 4.37. The first kappa shape index (κ1) is 18.0. The first-order valence-electron chi connectivity index (χ1n) is 8.24. The largest absolute Gasteiger partial charge is 0.356 e. The third kappa shape index (κ3) is 5.11. The molecular formula is C17H28IN3S. The Morgan fingerprint density at radius 3 is 2.36 bits per heavy atom. The van der Waals surface area contributed by atoms with Crippen LogP contribution in [0.5, 0.6) is 0 Å². The molecule has 1 aromatic rings. The van der Waals surface area contributed by atoms with Crippen LogP contribution >= 0.6 is 35.3 Å². The van der Waals surface area contributed by atoms with Crippen molar-refractivity contribution in [3.05, 3.63) is 22.4 Å². The molecule has 2 saturated carbocycles. The van der Waals surface area contributed by atoms with Gasteiger partial charge in [0.1, 0.15) is 0 Å². The molecule has 1 aromatic heterocycles. The highest BCUT2D eigenvalue weighted by atomic mass is 127. The summed E-state index contributed by atoms with van der Waals surface area (Å²) in [6, 6.07) is 2.21. The lowest BCUT2D eigenvalue weighted by Crippen LogP contribution is -2.41. The lowest BCUT2D eigenvalue weighted by Gasteiger charge is -2.20. The van der Waals surface area contributed by atoms with Crippen LogP contribution in [0.1, 0.15) is 44.1 Å². The molecule has 2 aliphatic carbocycles. The van der Waals surface area contributed by atoms with Gasteiger partial charge in [0, 0.05) is 20.1 Å². The Hall–Kier alpha value is -0.300. The van der Waals surface area contributed by atoms with Gasteiger partial charge in [-0.3, -0.25) is 4.99 Å². The Labute approximate surface area is 155 Å². The van der Waals surface area contributed by atoms with Crippen molar-refractivity contribution in [1.29, 1.82) is 0 Å². The van der Waals surface area contributed by atoms with E-state index in [1.54, 1.807) is 11.3 Å². The summed E-state index contributed by atoms with van der Waals surface area (Å²) in [6.45, 7) is 4.30. The predicted octanol–water partition coefficient (Wildman–Crippen LogP) is 4.07. The van der Waals surface area contributed by atoms with E-state index >= 15 is 0 Å². The third-order valence-corrected chi connectivity index (χ3v) is 5.57. The van der Waals surface area contributed by atoms with Crippen molar-refractivity contribution in [2.24, 2.45) is 22.7 Å². The van der Waals surface area contributed by atoms with Crippen molar-refractivity contribution in [3.63, 3.8) is 0 Å². The van der Waals surface area contributed by atoms with E-state index < -0.39 is 0 Å². The third-order valence-electron chi connectivity index (χ3n) is 4.87. The van der Waals surface area contributed by atoms with Crippen molar-refractivity contribution in [3.8, 4) is 0 Å². The predicted molar refractivity (Wildman–Crippen MR) is 106 cm³/mol. The van der Waals surface area contributed by atoms with Gasteiger partial charge in [-0.05, 0) is 71.7 Å². The summed E-state index contributed by atoms with van der Waals surface area (Å²) in [6.07, 6.45) is 5.79. The minimum Gasteiger partial charge on any atom is -0.356 e. The van der Waals surface area contributed by atoms with Crippen molar-refractivity contribution >= 4 is 41.3 Å². The lowest BCUT2D eigenvalue weighted by atomic mass is 9.98. The molecule has 0 aliphatic heterocycles. The van der Waals surface area contributed by atoms with Crippen LogP contribution < -0.4 is 10.6 Å². The number of halogens is 1. The first-order chi connectivity index (χ1) is 10.3. The highest BCUT2D eigenvalue weighted by molar-refractivity contribution is 14.0. The average molecular weight is 433 g/mol. The molecule has 0 amide bonds. The highest BCUT2D eigenvalue weighted by Crippen LogP contribution is 2.48. The molecule has 3 rings (SSSR count). The van der Waals surface area contributed by atoms with E-state index in [2.05, 4.69) is 39.4 Å². The molecule has 2 aliphatic rings. The number of hydrogen-bond acceptors (Lipinski definition) is 2. The van der Waals surface area contributed by atoms with E-state index in [0.29, 0.717) is 5.92 Å².